The molecule has 1 fully saturated rings. The van der Waals surface area contributed by atoms with Gasteiger partial charge in [0.25, 0.3) is 0 Å². The van der Waals surface area contributed by atoms with E-state index in [0.29, 0.717) is 12.1 Å². The first-order valence-corrected chi connectivity index (χ1v) is 9.62. The minimum atomic E-state index is -4.63. The molecule has 1 N–H and O–H groups in total. The Morgan fingerprint density at radius 1 is 1.40 bits per heavy atom. The summed E-state index contributed by atoms with van der Waals surface area (Å²) >= 11 is 5.93. The number of hydrogen-bond donors (Lipinski definition) is 1. The Hall–Kier alpha value is -2.63. The molecule has 0 bridgehead atoms. The number of nitrogens with zero attached hydrogens (tertiary/aromatic N) is 5. The maximum Gasteiger partial charge on any atom is 0.436 e. The SMILES string of the molecule is CC(C)(C(=O)NCCCn1nc(C(F)(F)F)c(Cl)c1C1CC1)n1cc([N+](=O)[O-])cn1. The molecule has 0 aliphatic heterocycles. The Labute approximate surface area is 174 Å². The lowest BCUT2D eigenvalue weighted by atomic mass is 10.1. The van der Waals surface area contributed by atoms with Gasteiger partial charge in [-0.25, -0.2) is 0 Å². The van der Waals surface area contributed by atoms with E-state index in [9.17, 15) is 28.1 Å². The summed E-state index contributed by atoms with van der Waals surface area (Å²) in [5.74, 6) is -0.456. The number of nitro groups is 1. The van der Waals surface area contributed by atoms with Crippen molar-refractivity contribution in [2.24, 2.45) is 0 Å². The molecule has 3 rings (SSSR count). The molecule has 0 unspecified atom stereocenters. The molecule has 0 saturated heterocycles. The number of aromatic nitrogens is 4. The number of amides is 1. The van der Waals surface area contributed by atoms with Crippen LogP contribution in [0.1, 0.15) is 50.4 Å². The predicted molar refractivity (Wildman–Crippen MR) is 100 cm³/mol. The van der Waals surface area contributed by atoms with Gasteiger partial charge in [-0.15, -0.1) is 0 Å². The Morgan fingerprint density at radius 3 is 2.60 bits per heavy atom. The van der Waals surface area contributed by atoms with Crippen LogP contribution in [0.3, 0.4) is 0 Å². The van der Waals surface area contributed by atoms with Crippen LogP contribution in [0.5, 0.6) is 0 Å². The number of rotatable bonds is 8. The van der Waals surface area contributed by atoms with Gasteiger partial charge in [-0.1, -0.05) is 11.6 Å². The van der Waals surface area contributed by atoms with Crippen LogP contribution in [0.2, 0.25) is 5.02 Å². The number of aryl methyl sites for hydroxylation is 1. The van der Waals surface area contributed by atoms with Crippen molar-refractivity contribution in [3.8, 4) is 0 Å². The molecule has 9 nitrogen and oxygen atoms in total. The smallest absolute Gasteiger partial charge is 0.354 e. The molecule has 1 amide bonds. The molecule has 1 aliphatic rings. The van der Waals surface area contributed by atoms with Crippen molar-refractivity contribution in [2.45, 2.75) is 57.3 Å². The molecule has 1 saturated carbocycles. The molecule has 13 heteroatoms. The summed E-state index contributed by atoms with van der Waals surface area (Å²) in [5, 5.41) is 20.6. The van der Waals surface area contributed by atoms with E-state index in [-0.39, 0.29) is 29.7 Å². The lowest BCUT2D eigenvalue weighted by Gasteiger charge is -2.23. The molecule has 0 spiro atoms. The molecule has 2 heterocycles. The van der Waals surface area contributed by atoms with Crippen molar-refractivity contribution >= 4 is 23.2 Å². The highest BCUT2D eigenvalue weighted by atomic mass is 35.5. The topological polar surface area (TPSA) is 108 Å². The molecule has 0 radical (unpaired) electrons. The average Bonchev–Trinajstić information content (AvgIpc) is 3.22. The minimum absolute atomic E-state index is 0.0229. The lowest BCUT2D eigenvalue weighted by Crippen LogP contribution is -2.45. The van der Waals surface area contributed by atoms with Crippen LogP contribution >= 0.6 is 11.6 Å². The zero-order chi connectivity index (χ0) is 22.3. The summed E-state index contributed by atoms with van der Waals surface area (Å²) < 4.78 is 41.8. The van der Waals surface area contributed by atoms with Crippen LogP contribution in [0.15, 0.2) is 12.4 Å². The van der Waals surface area contributed by atoms with Gasteiger partial charge in [0.1, 0.15) is 17.9 Å². The highest BCUT2D eigenvalue weighted by Crippen LogP contribution is 2.46. The van der Waals surface area contributed by atoms with Gasteiger partial charge in [-0.2, -0.15) is 23.4 Å². The van der Waals surface area contributed by atoms with Gasteiger partial charge in [-0.05, 0) is 33.1 Å². The van der Waals surface area contributed by atoms with E-state index in [0.717, 1.165) is 25.2 Å². The Morgan fingerprint density at radius 2 is 2.07 bits per heavy atom. The summed E-state index contributed by atoms with van der Waals surface area (Å²) in [7, 11) is 0. The molecule has 2 aromatic heterocycles. The van der Waals surface area contributed by atoms with Gasteiger partial charge in [0, 0.05) is 19.0 Å². The average molecular weight is 449 g/mol. The first kappa shape index (κ1) is 22.1. The van der Waals surface area contributed by atoms with Crippen molar-refractivity contribution in [3.63, 3.8) is 0 Å². The predicted octanol–water partition coefficient (Wildman–Crippen LogP) is 3.48. The summed E-state index contributed by atoms with van der Waals surface area (Å²) in [6.45, 7) is 3.43. The number of halogens is 4. The van der Waals surface area contributed by atoms with Gasteiger partial charge >= 0.3 is 11.9 Å². The highest BCUT2D eigenvalue weighted by molar-refractivity contribution is 6.32. The molecule has 30 heavy (non-hydrogen) atoms. The molecular weight excluding hydrogens is 429 g/mol. The van der Waals surface area contributed by atoms with Crippen LogP contribution in [0.25, 0.3) is 0 Å². The third-order valence-electron chi connectivity index (χ3n) is 4.90. The lowest BCUT2D eigenvalue weighted by molar-refractivity contribution is -0.385. The standard InChI is InChI=1S/C17H20ClF3N6O3/c1-16(2,26-9-11(8-23-26)27(29)30)15(28)22-6-3-7-25-13(10-4-5-10)12(18)14(24-25)17(19,20)21/h8-10H,3-7H2,1-2H3,(H,22,28). The summed E-state index contributed by atoms with van der Waals surface area (Å²) in [5.41, 5.74) is -2.12. The molecule has 1 aliphatic carbocycles. The van der Waals surface area contributed by atoms with Gasteiger partial charge in [0.2, 0.25) is 5.91 Å². The second-order valence-electron chi connectivity index (χ2n) is 7.61. The first-order chi connectivity index (χ1) is 13.9. The maximum absolute atomic E-state index is 13.1. The van der Waals surface area contributed by atoms with Crippen molar-refractivity contribution < 1.29 is 22.9 Å². The third-order valence-corrected chi connectivity index (χ3v) is 5.28. The highest BCUT2D eigenvalue weighted by Gasteiger charge is 2.42. The number of hydrogen-bond acceptors (Lipinski definition) is 5. The van der Waals surface area contributed by atoms with E-state index >= 15 is 0 Å². The largest absolute Gasteiger partial charge is 0.436 e. The maximum atomic E-state index is 13.1. The van der Waals surface area contributed by atoms with E-state index in [2.05, 4.69) is 15.5 Å². The molecule has 0 atom stereocenters. The Kier molecular flexibility index (Phi) is 5.81. The van der Waals surface area contributed by atoms with Crippen molar-refractivity contribution in [2.75, 3.05) is 6.54 Å². The number of carbonyl (C=O) groups excluding carboxylic acids is 1. The van der Waals surface area contributed by atoms with Crippen LogP contribution in [0.4, 0.5) is 18.9 Å². The van der Waals surface area contributed by atoms with Crippen molar-refractivity contribution in [1.29, 1.82) is 0 Å². The van der Waals surface area contributed by atoms with Crippen LogP contribution < -0.4 is 5.32 Å². The van der Waals surface area contributed by atoms with Gasteiger partial charge in [0.15, 0.2) is 5.69 Å². The molecule has 0 aromatic carbocycles. The zero-order valence-electron chi connectivity index (χ0n) is 16.2. The minimum Gasteiger partial charge on any atom is -0.354 e. The number of nitrogens with one attached hydrogen (secondary N) is 1. The fourth-order valence-electron chi connectivity index (χ4n) is 3.02. The van der Waals surface area contributed by atoms with E-state index in [1.165, 1.54) is 9.36 Å². The number of alkyl halides is 3. The van der Waals surface area contributed by atoms with E-state index in [1.54, 1.807) is 13.8 Å². The normalized spacial score (nSPS) is 14.7. The first-order valence-electron chi connectivity index (χ1n) is 9.24. The molecule has 164 valence electrons. The Bertz CT molecular complexity index is 965. The van der Waals surface area contributed by atoms with Crippen molar-refractivity contribution in [3.05, 3.63) is 38.9 Å². The van der Waals surface area contributed by atoms with Gasteiger partial charge in [-0.3, -0.25) is 24.3 Å². The molecule has 2 aromatic rings. The van der Waals surface area contributed by atoms with Gasteiger partial charge < -0.3 is 5.32 Å². The van der Waals surface area contributed by atoms with E-state index < -0.39 is 28.2 Å². The van der Waals surface area contributed by atoms with Crippen molar-refractivity contribution in [1.82, 2.24) is 24.9 Å². The molecular formula is C17H20ClF3N6O3. The number of carbonyl (C=O) groups is 1. The second-order valence-corrected chi connectivity index (χ2v) is 7.99. The van der Waals surface area contributed by atoms with Crippen LogP contribution in [-0.2, 0) is 23.1 Å². The van der Waals surface area contributed by atoms with Crippen LogP contribution in [0, 0.1) is 10.1 Å². The van der Waals surface area contributed by atoms with E-state index in [1.807, 2.05) is 0 Å². The quantitative estimate of drug-likeness (QED) is 0.378. The van der Waals surface area contributed by atoms with E-state index in [4.69, 9.17) is 11.6 Å². The zero-order valence-corrected chi connectivity index (χ0v) is 17.0. The fraction of sp³-hybridized carbons (Fsp3) is 0.588. The third kappa shape index (κ3) is 4.42. The van der Waals surface area contributed by atoms with Gasteiger partial charge in [0.05, 0.1) is 15.6 Å². The monoisotopic (exact) mass is 448 g/mol. The summed E-state index contributed by atoms with van der Waals surface area (Å²) in [4.78, 5) is 22.7. The van der Waals surface area contributed by atoms with Crippen LogP contribution in [-0.4, -0.2) is 36.9 Å². The summed E-state index contributed by atoms with van der Waals surface area (Å²) in [6, 6.07) is 0. The summed E-state index contributed by atoms with van der Waals surface area (Å²) in [6.07, 6.45) is -0.556. The fourth-order valence-corrected chi connectivity index (χ4v) is 3.41. The Balaban J connectivity index is 1.60. The second kappa shape index (κ2) is 7.89.